The molecule has 7 heteroatoms. The van der Waals surface area contributed by atoms with E-state index >= 15 is 0 Å². The third-order valence-electron chi connectivity index (χ3n) is 1.16. The molecular weight excluding hydrogens is 248 g/mol. The van der Waals surface area contributed by atoms with Crippen LogP contribution in [0.3, 0.4) is 0 Å². The van der Waals surface area contributed by atoms with Crippen molar-refractivity contribution in [2.24, 2.45) is 0 Å². The summed E-state index contributed by atoms with van der Waals surface area (Å²) >= 11 is 3.19. The summed E-state index contributed by atoms with van der Waals surface area (Å²) in [4.78, 5) is 29.8. The van der Waals surface area contributed by atoms with Crippen molar-refractivity contribution in [3.63, 3.8) is 0 Å². The van der Waals surface area contributed by atoms with Gasteiger partial charge in [-0.05, 0) is 0 Å². The Morgan fingerprint density at radius 2 is 2.00 bits per heavy atom. The van der Waals surface area contributed by atoms with Crippen LogP contribution >= 0.6 is 0 Å². The van der Waals surface area contributed by atoms with Gasteiger partial charge in [-0.2, -0.15) is 0 Å². The maximum atomic E-state index is 10.9. The topological polar surface area (TPSA) is 93.1 Å². The van der Waals surface area contributed by atoms with Gasteiger partial charge in [0.15, 0.2) is 0 Å². The van der Waals surface area contributed by atoms with E-state index in [1.54, 1.807) is 0 Å². The zero-order valence-corrected chi connectivity index (χ0v) is 9.27. The first-order valence-electron chi connectivity index (χ1n) is 3.98. The van der Waals surface area contributed by atoms with Gasteiger partial charge < -0.3 is 0 Å². The molecule has 0 rings (SSSR count). The minimum atomic E-state index is -1.06. The van der Waals surface area contributed by atoms with Crippen molar-refractivity contribution in [2.75, 3.05) is 0 Å². The monoisotopic (exact) mass is 259 g/mol. The molecule has 0 aromatic carbocycles. The SMILES string of the molecule is C[C-](O)[C](=[Fe+])C(=O)OOC(=O)CC(C)O. The van der Waals surface area contributed by atoms with Crippen molar-refractivity contribution in [3.8, 4) is 0 Å². The minimum absolute atomic E-state index is 0.290. The first-order valence-corrected chi connectivity index (χ1v) is 4.53. The number of carbonyl (C=O) groups is 2. The summed E-state index contributed by atoms with van der Waals surface area (Å²) in [5.41, 5.74) is 0. The molecule has 87 valence electrons. The van der Waals surface area contributed by atoms with Crippen molar-refractivity contribution < 1.29 is 45.2 Å². The first-order chi connectivity index (χ1) is 6.84. The van der Waals surface area contributed by atoms with Crippen LogP contribution in [0.25, 0.3) is 0 Å². The molecule has 0 heterocycles. The second-order valence-electron chi connectivity index (χ2n) is 2.77. The fourth-order valence-electron chi connectivity index (χ4n) is 0.543. The van der Waals surface area contributed by atoms with Gasteiger partial charge in [0.2, 0.25) is 0 Å². The van der Waals surface area contributed by atoms with Gasteiger partial charge in [-0.15, -0.1) is 0 Å². The van der Waals surface area contributed by atoms with Gasteiger partial charge in [0, 0.05) is 0 Å². The standard InChI is InChI=1S/C8H11O6.Fe/c1-5(9)3-7(11)13-14-8(12)4-6(2)10;/h5,9-10H,3H2,1-2H3;/q-1;+1. The number of hydrogen-bond acceptors (Lipinski definition) is 6. The molecule has 6 nitrogen and oxygen atoms in total. The van der Waals surface area contributed by atoms with Crippen LogP contribution in [0.4, 0.5) is 0 Å². The van der Waals surface area contributed by atoms with Crippen molar-refractivity contribution in [1.29, 1.82) is 0 Å². The molecule has 0 spiro atoms. The van der Waals surface area contributed by atoms with Gasteiger partial charge in [0.1, 0.15) is 0 Å². The van der Waals surface area contributed by atoms with Crippen LogP contribution < -0.4 is 0 Å². The van der Waals surface area contributed by atoms with Crippen molar-refractivity contribution >= 4 is 16.4 Å². The van der Waals surface area contributed by atoms with Gasteiger partial charge >= 0.3 is 94.0 Å². The molecule has 0 aliphatic rings. The molecule has 2 N–H and O–H groups in total. The molecule has 0 amide bonds. The third-order valence-corrected chi connectivity index (χ3v) is 1.78. The summed E-state index contributed by atoms with van der Waals surface area (Å²) in [6, 6.07) is 0. The Balaban J connectivity index is 3.91. The van der Waals surface area contributed by atoms with Gasteiger partial charge in [0.25, 0.3) is 0 Å². The summed E-state index contributed by atoms with van der Waals surface area (Å²) < 4.78 is -0.306. The fraction of sp³-hybridized carbons (Fsp3) is 0.500. The molecule has 0 aliphatic heterocycles. The predicted octanol–water partition coefficient (Wildman–Crippen LogP) is -0.598. The van der Waals surface area contributed by atoms with Crippen LogP contribution in [0.1, 0.15) is 20.3 Å². The zero-order valence-electron chi connectivity index (χ0n) is 8.17. The number of hydrogen-bond donors (Lipinski definition) is 2. The van der Waals surface area contributed by atoms with E-state index in [9.17, 15) is 9.59 Å². The number of aliphatic hydroxyl groups excluding tert-OH is 2. The number of aliphatic hydroxyl groups is 2. The molecule has 0 radical (unpaired) electrons. The van der Waals surface area contributed by atoms with Gasteiger partial charge in [-0.25, -0.2) is 0 Å². The van der Waals surface area contributed by atoms with E-state index in [2.05, 4.69) is 25.4 Å². The van der Waals surface area contributed by atoms with Crippen LogP contribution in [0.5, 0.6) is 0 Å². The van der Waals surface area contributed by atoms with Gasteiger partial charge in [-0.1, -0.05) is 0 Å². The van der Waals surface area contributed by atoms with E-state index in [4.69, 9.17) is 10.2 Å². The Morgan fingerprint density at radius 1 is 1.47 bits per heavy atom. The Hall–Kier alpha value is -0.751. The molecule has 0 aromatic heterocycles. The normalized spacial score (nSPS) is 12.1. The van der Waals surface area contributed by atoms with Crippen molar-refractivity contribution in [1.82, 2.24) is 0 Å². The summed E-state index contributed by atoms with van der Waals surface area (Å²) in [6.07, 6.45) is -1.50. The molecule has 0 bridgehead atoms. The van der Waals surface area contributed by atoms with Gasteiger partial charge in [0.05, 0.1) is 0 Å². The quantitative estimate of drug-likeness (QED) is 0.303. The molecule has 1 atom stereocenters. The van der Waals surface area contributed by atoms with Crippen molar-refractivity contribution in [3.05, 3.63) is 6.10 Å². The molecule has 0 saturated carbocycles. The second-order valence-corrected chi connectivity index (χ2v) is 3.32. The maximum absolute atomic E-state index is 10.9. The van der Waals surface area contributed by atoms with E-state index in [0.717, 1.165) is 0 Å². The molecule has 1 unspecified atom stereocenters. The average Bonchev–Trinajstić information content (AvgIpc) is 2.11. The van der Waals surface area contributed by atoms with E-state index in [0.29, 0.717) is 0 Å². The van der Waals surface area contributed by atoms with Crippen LogP contribution in [-0.4, -0.2) is 32.7 Å². The molecule has 15 heavy (non-hydrogen) atoms. The van der Waals surface area contributed by atoms with E-state index in [1.807, 2.05) is 0 Å². The molecule has 0 aromatic rings. The first kappa shape index (κ1) is 14.2. The van der Waals surface area contributed by atoms with Crippen LogP contribution in [0, 0.1) is 6.10 Å². The molecular formula is C8H11FeO6. The van der Waals surface area contributed by atoms with Crippen LogP contribution in [0.15, 0.2) is 0 Å². The third kappa shape index (κ3) is 6.35. The predicted molar refractivity (Wildman–Crippen MR) is 44.3 cm³/mol. The fourth-order valence-corrected chi connectivity index (χ4v) is 0.589. The van der Waals surface area contributed by atoms with E-state index in [-0.39, 0.29) is 16.9 Å². The van der Waals surface area contributed by atoms with Crippen LogP contribution in [0.2, 0.25) is 0 Å². The number of carbonyl (C=O) groups excluding carboxylic acids is 2. The second kappa shape index (κ2) is 6.68. The Bertz CT molecular complexity index is 260. The van der Waals surface area contributed by atoms with Crippen molar-refractivity contribution in [2.45, 2.75) is 26.4 Å². The summed E-state index contributed by atoms with van der Waals surface area (Å²) in [5, 5.41) is 17.6. The Morgan fingerprint density at radius 3 is 2.40 bits per heavy atom. The summed E-state index contributed by atoms with van der Waals surface area (Å²) in [6.45, 7) is 2.62. The van der Waals surface area contributed by atoms with Crippen LogP contribution in [-0.2, 0) is 34.9 Å². The van der Waals surface area contributed by atoms with Gasteiger partial charge in [-0.3, -0.25) is 0 Å². The van der Waals surface area contributed by atoms with E-state index < -0.39 is 18.0 Å². The summed E-state index contributed by atoms with van der Waals surface area (Å²) in [7, 11) is 0. The van der Waals surface area contributed by atoms with E-state index in [1.165, 1.54) is 13.8 Å². The zero-order chi connectivity index (χ0) is 12.0. The Kier molecular flexibility index (Phi) is 6.35. The summed E-state index contributed by atoms with van der Waals surface area (Å²) in [5.74, 6) is -1.95. The molecule has 0 fully saturated rings. The molecule has 0 aliphatic carbocycles. The molecule has 0 saturated heterocycles. The number of rotatable bonds is 4. The Labute approximate surface area is 94.5 Å². The average molecular weight is 259 g/mol.